The summed E-state index contributed by atoms with van der Waals surface area (Å²) in [6, 6.07) is 1.25. The van der Waals surface area contributed by atoms with Gasteiger partial charge in [-0.15, -0.1) is 0 Å². The third-order valence-electron chi connectivity index (χ3n) is 1.24. The minimum Gasteiger partial charge on any atom is -0.313 e. The molecule has 6 nitrogen and oxygen atoms in total. The Bertz CT molecular complexity index is 332. The molecule has 0 atom stereocenters. The van der Waals surface area contributed by atoms with E-state index >= 15 is 0 Å². The summed E-state index contributed by atoms with van der Waals surface area (Å²) in [5.74, 6) is 4.46. The van der Waals surface area contributed by atoms with Crippen molar-refractivity contribution in [3.8, 4) is 0 Å². The van der Waals surface area contributed by atoms with Crippen molar-refractivity contribution in [2.45, 2.75) is 6.42 Å². The number of rotatable bonds is 2. The Morgan fingerprint density at radius 1 is 1.75 bits per heavy atom. The van der Waals surface area contributed by atoms with Crippen LogP contribution in [0.2, 0.25) is 0 Å². The molecule has 1 rings (SSSR count). The third-order valence-corrected chi connectivity index (χ3v) is 1.24. The van der Waals surface area contributed by atoms with Gasteiger partial charge in [0.15, 0.2) is 0 Å². The Morgan fingerprint density at radius 3 is 3.08 bits per heavy atom. The first-order valence-electron chi connectivity index (χ1n) is 3.25. The van der Waals surface area contributed by atoms with E-state index in [1.807, 2.05) is 5.43 Å². The average molecular weight is 168 g/mol. The first-order valence-corrected chi connectivity index (χ1v) is 3.25. The van der Waals surface area contributed by atoms with E-state index in [9.17, 15) is 9.59 Å². The molecule has 1 aromatic heterocycles. The van der Waals surface area contributed by atoms with Crippen molar-refractivity contribution in [3.05, 3.63) is 28.4 Å². The molecule has 1 aromatic rings. The predicted octanol–water partition coefficient (Wildman–Crippen LogP) is -1.70. The number of amides is 1. The van der Waals surface area contributed by atoms with E-state index < -0.39 is 0 Å². The number of aromatic amines is 1. The molecule has 0 aliphatic rings. The Morgan fingerprint density at radius 2 is 2.50 bits per heavy atom. The normalized spacial score (nSPS) is 9.42. The molecule has 0 spiro atoms. The smallest absolute Gasteiger partial charge is 0.250 e. The molecule has 0 aliphatic heterocycles. The second-order valence-electron chi connectivity index (χ2n) is 2.15. The zero-order valence-electron chi connectivity index (χ0n) is 6.20. The van der Waals surface area contributed by atoms with Gasteiger partial charge in [0.05, 0.1) is 18.4 Å². The fourth-order valence-electron chi connectivity index (χ4n) is 0.721. The van der Waals surface area contributed by atoms with Crippen LogP contribution >= 0.6 is 0 Å². The van der Waals surface area contributed by atoms with E-state index in [1.54, 1.807) is 0 Å². The van der Waals surface area contributed by atoms with Crippen molar-refractivity contribution in [1.29, 1.82) is 0 Å². The molecule has 1 amide bonds. The molecule has 0 unspecified atom stereocenters. The molecule has 1 heterocycles. The summed E-state index contributed by atoms with van der Waals surface area (Å²) in [7, 11) is 0. The van der Waals surface area contributed by atoms with Gasteiger partial charge in [-0.05, 0) is 0 Å². The summed E-state index contributed by atoms with van der Waals surface area (Å²) >= 11 is 0. The molecule has 6 heteroatoms. The van der Waals surface area contributed by atoms with Crippen LogP contribution in [0.1, 0.15) is 5.69 Å². The lowest BCUT2D eigenvalue weighted by atomic mass is 10.3. The van der Waals surface area contributed by atoms with E-state index in [1.165, 1.54) is 12.4 Å². The molecule has 0 radical (unpaired) electrons. The lowest BCUT2D eigenvalue weighted by Gasteiger charge is -1.96. The number of hydrogen-bond acceptors (Lipinski definition) is 4. The van der Waals surface area contributed by atoms with E-state index in [4.69, 9.17) is 5.84 Å². The van der Waals surface area contributed by atoms with E-state index in [2.05, 4.69) is 9.97 Å². The van der Waals surface area contributed by atoms with Gasteiger partial charge in [-0.1, -0.05) is 0 Å². The number of hydrazine groups is 1. The average Bonchev–Trinajstić information content (AvgIpc) is 2.04. The van der Waals surface area contributed by atoms with Crippen LogP contribution in [0.15, 0.2) is 17.2 Å². The standard InChI is InChI=1S/C6H8N4O2/c7-10-6(12)2-4-1-5(11)9-3-8-4/h1,3H,2,7H2,(H,10,12)(H,8,9,11). The molecular formula is C6H8N4O2. The number of nitrogens with zero attached hydrogens (tertiary/aromatic N) is 1. The number of nitrogens with two attached hydrogens (primary N) is 1. The summed E-state index contributed by atoms with van der Waals surface area (Å²) in [6.45, 7) is 0. The molecule has 0 aromatic carbocycles. The lowest BCUT2D eigenvalue weighted by molar-refractivity contribution is -0.120. The van der Waals surface area contributed by atoms with Gasteiger partial charge in [0.2, 0.25) is 5.91 Å². The molecule has 64 valence electrons. The lowest BCUT2D eigenvalue weighted by Crippen LogP contribution is -2.31. The van der Waals surface area contributed by atoms with Crippen LogP contribution in [0, 0.1) is 0 Å². The van der Waals surface area contributed by atoms with Gasteiger partial charge < -0.3 is 4.98 Å². The van der Waals surface area contributed by atoms with E-state index in [0.29, 0.717) is 5.69 Å². The maximum absolute atomic E-state index is 10.7. The largest absolute Gasteiger partial charge is 0.313 e. The first kappa shape index (κ1) is 8.41. The highest BCUT2D eigenvalue weighted by atomic mass is 16.2. The van der Waals surface area contributed by atoms with Crippen LogP contribution in [-0.4, -0.2) is 15.9 Å². The molecule has 0 bridgehead atoms. The summed E-state index contributed by atoms with van der Waals surface area (Å²) in [6.07, 6.45) is 1.25. The van der Waals surface area contributed by atoms with E-state index in [0.717, 1.165) is 0 Å². The topological polar surface area (TPSA) is 101 Å². The van der Waals surface area contributed by atoms with Gasteiger partial charge in [0.25, 0.3) is 5.56 Å². The second-order valence-corrected chi connectivity index (χ2v) is 2.15. The Hall–Kier alpha value is -1.69. The van der Waals surface area contributed by atoms with Gasteiger partial charge >= 0.3 is 0 Å². The summed E-state index contributed by atoms with van der Waals surface area (Å²) < 4.78 is 0. The molecule has 12 heavy (non-hydrogen) atoms. The van der Waals surface area contributed by atoms with Gasteiger partial charge in [-0.2, -0.15) is 0 Å². The zero-order valence-corrected chi connectivity index (χ0v) is 6.20. The fraction of sp³-hybridized carbons (Fsp3) is 0.167. The van der Waals surface area contributed by atoms with E-state index in [-0.39, 0.29) is 17.9 Å². The highest BCUT2D eigenvalue weighted by Gasteiger charge is 2.01. The van der Waals surface area contributed by atoms with Crippen LogP contribution in [0.5, 0.6) is 0 Å². The highest BCUT2D eigenvalue weighted by Crippen LogP contribution is 1.87. The van der Waals surface area contributed by atoms with Gasteiger partial charge in [0.1, 0.15) is 0 Å². The molecular weight excluding hydrogens is 160 g/mol. The van der Waals surface area contributed by atoms with Crippen molar-refractivity contribution in [1.82, 2.24) is 15.4 Å². The van der Waals surface area contributed by atoms with Crippen molar-refractivity contribution in [3.63, 3.8) is 0 Å². The summed E-state index contributed by atoms with van der Waals surface area (Å²) in [4.78, 5) is 27.5. The minimum absolute atomic E-state index is 0.0143. The second kappa shape index (κ2) is 3.63. The monoisotopic (exact) mass is 168 g/mol. The number of H-pyrrole nitrogens is 1. The Labute approximate surface area is 67.8 Å². The Balaban J connectivity index is 2.76. The maximum Gasteiger partial charge on any atom is 0.250 e. The fourth-order valence-corrected chi connectivity index (χ4v) is 0.721. The van der Waals surface area contributed by atoms with Crippen LogP contribution in [0.4, 0.5) is 0 Å². The molecule has 0 saturated heterocycles. The third kappa shape index (κ3) is 2.17. The van der Waals surface area contributed by atoms with Crippen molar-refractivity contribution in [2.75, 3.05) is 0 Å². The minimum atomic E-state index is -0.381. The SMILES string of the molecule is NNC(=O)Cc1cc(=O)[nH]cn1. The molecule has 0 saturated carbocycles. The van der Waals surface area contributed by atoms with Crippen molar-refractivity contribution in [2.24, 2.45) is 5.84 Å². The summed E-state index contributed by atoms with van der Waals surface area (Å²) in [5.41, 5.74) is 2.04. The molecule has 0 fully saturated rings. The van der Waals surface area contributed by atoms with Crippen LogP contribution in [0.25, 0.3) is 0 Å². The van der Waals surface area contributed by atoms with Crippen molar-refractivity contribution < 1.29 is 4.79 Å². The van der Waals surface area contributed by atoms with Gasteiger partial charge in [-0.25, -0.2) is 10.8 Å². The van der Waals surface area contributed by atoms with Crippen LogP contribution in [-0.2, 0) is 11.2 Å². The first-order chi connectivity index (χ1) is 5.72. The van der Waals surface area contributed by atoms with Crippen LogP contribution < -0.4 is 16.8 Å². The number of hydrogen-bond donors (Lipinski definition) is 3. The van der Waals surface area contributed by atoms with Gasteiger partial charge in [0, 0.05) is 6.07 Å². The van der Waals surface area contributed by atoms with Crippen molar-refractivity contribution >= 4 is 5.91 Å². The zero-order chi connectivity index (χ0) is 8.97. The molecule has 0 aliphatic carbocycles. The summed E-state index contributed by atoms with van der Waals surface area (Å²) in [5, 5.41) is 0. The Kier molecular flexibility index (Phi) is 2.54. The quantitative estimate of drug-likeness (QED) is 0.278. The van der Waals surface area contributed by atoms with Crippen LogP contribution in [0.3, 0.4) is 0 Å². The number of carbonyl (C=O) groups excluding carboxylic acids is 1. The molecule has 4 N–H and O–H groups in total. The number of aromatic nitrogens is 2. The maximum atomic E-state index is 10.7. The number of nitrogens with one attached hydrogen (secondary N) is 2. The van der Waals surface area contributed by atoms with Gasteiger partial charge in [-0.3, -0.25) is 15.0 Å². The number of carbonyl (C=O) groups is 1. The highest BCUT2D eigenvalue weighted by molar-refractivity contribution is 5.77. The predicted molar refractivity (Wildman–Crippen MR) is 40.9 cm³/mol.